The van der Waals surface area contributed by atoms with Gasteiger partial charge in [0.25, 0.3) is 5.56 Å². The Morgan fingerprint density at radius 1 is 1.16 bits per heavy atom. The van der Waals surface area contributed by atoms with Crippen LogP contribution < -0.4 is 15.0 Å². The Labute approximate surface area is 111 Å². The molecule has 2 aromatic rings. The molecular formula is C14H16N2O3. The first kappa shape index (κ1) is 13.1. The molecule has 0 saturated heterocycles. The van der Waals surface area contributed by atoms with E-state index in [0.717, 1.165) is 5.56 Å². The second-order valence-electron chi connectivity index (χ2n) is 4.20. The molecule has 5 heteroatoms. The van der Waals surface area contributed by atoms with Gasteiger partial charge in [0.2, 0.25) is 0 Å². The number of aryl methyl sites for hydroxylation is 1. The first-order valence-corrected chi connectivity index (χ1v) is 5.90. The maximum Gasteiger partial charge on any atom is 0.251 e. The molecule has 0 amide bonds. The van der Waals surface area contributed by atoms with Crippen molar-refractivity contribution in [3.8, 4) is 11.5 Å². The lowest BCUT2D eigenvalue weighted by molar-refractivity contribution is 0.354. The Balaban J connectivity index is 2.30. The molecule has 0 saturated carbocycles. The van der Waals surface area contributed by atoms with E-state index < -0.39 is 0 Å². The van der Waals surface area contributed by atoms with Crippen LogP contribution in [0.4, 0.5) is 0 Å². The zero-order valence-corrected chi connectivity index (χ0v) is 11.2. The minimum absolute atomic E-state index is 0.136. The topological polar surface area (TPSA) is 64.2 Å². The quantitative estimate of drug-likeness (QED) is 0.908. The maximum atomic E-state index is 11.4. The van der Waals surface area contributed by atoms with E-state index in [1.54, 1.807) is 21.1 Å². The maximum absolute atomic E-state index is 11.4. The molecule has 0 aliphatic rings. The lowest BCUT2D eigenvalue weighted by atomic mass is 10.1. The van der Waals surface area contributed by atoms with Crippen LogP contribution in [0.5, 0.6) is 11.5 Å². The van der Waals surface area contributed by atoms with Crippen LogP contribution in [-0.4, -0.2) is 24.2 Å². The first-order chi connectivity index (χ1) is 9.12. The average molecular weight is 260 g/mol. The minimum Gasteiger partial charge on any atom is -0.493 e. The predicted octanol–water partition coefficient (Wildman–Crippen LogP) is 1.69. The van der Waals surface area contributed by atoms with Crippen LogP contribution in [0.2, 0.25) is 0 Å². The minimum atomic E-state index is -0.136. The Kier molecular flexibility index (Phi) is 3.85. The van der Waals surface area contributed by atoms with Gasteiger partial charge in [-0.1, -0.05) is 6.07 Å². The summed E-state index contributed by atoms with van der Waals surface area (Å²) in [5, 5.41) is 0. The number of ether oxygens (including phenoxy) is 2. The Hall–Kier alpha value is -2.30. The normalized spacial score (nSPS) is 10.3. The molecule has 1 aromatic carbocycles. The zero-order chi connectivity index (χ0) is 13.8. The molecule has 1 heterocycles. The summed E-state index contributed by atoms with van der Waals surface area (Å²) in [4.78, 5) is 18.4. The summed E-state index contributed by atoms with van der Waals surface area (Å²) < 4.78 is 10.4. The van der Waals surface area contributed by atoms with Gasteiger partial charge >= 0.3 is 0 Å². The van der Waals surface area contributed by atoms with Crippen molar-refractivity contribution < 1.29 is 9.47 Å². The number of hydrogen-bond donors (Lipinski definition) is 1. The number of hydrogen-bond acceptors (Lipinski definition) is 4. The fourth-order valence-electron chi connectivity index (χ4n) is 1.91. The van der Waals surface area contributed by atoms with Gasteiger partial charge < -0.3 is 14.5 Å². The molecule has 0 unspecified atom stereocenters. The predicted molar refractivity (Wildman–Crippen MR) is 71.9 cm³/mol. The number of H-pyrrole nitrogens is 1. The summed E-state index contributed by atoms with van der Waals surface area (Å²) in [5.74, 6) is 1.98. The number of aromatic amines is 1. The van der Waals surface area contributed by atoms with Gasteiger partial charge in [0.1, 0.15) is 5.82 Å². The summed E-state index contributed by atoms with van der Waals surface area (Å²) >= 11 is 0. The second-order valence-corrected chi connectivity index (χ2v) is 4.20. The largest absolute Gasteiger partial charge is 0.493 e. The van der Waals surface area contributed by atoms with E-state index in [2.05, 4.69) is 9.97 Å². The molecule has 0 aliphatic heterocycles. The van der Waals surface area contributed by atoms with Gasteiger partial charge in [0.15, 0.2) is 11.5 Å². The van der Waals surface area contributed by atoms with E-state index in [0.29, 0.717) is 29.4 Å². The van der Waals surface area contributed by atoms with E-state index in [1.165, 1.54) is 6.07 Å². The molecule has 1 aromatic heterocycles. The number of nitrogens with zero attached hydrogens (tertiary/aromatic N) is 1. The molecular weight excluding hydrogens is 244 g/mol. The molecule has 0 radical (unpaired) electrons. The summed E-state index contributed by atoms with van der Waals surface area (Å²) in [5.41, 5.74) is 1.56. The Morgan fingerprint density at radius 3 is 2.53 bits per heavy atom. The highest BCUT2D eigenvalue weighted by Gasteiger charge is 2.06. The van der Waals surface area contributed by atoms with Crippen LogP contribution in [0.25, 0.3) is 0 Å². The van der Waals surface area contributed by atoms with E-state index in [9.17, 15) is 4.79 Å². The highest BCUT2D eigenvalue weighted by molar-refractivity contribution is 5.43. The number of aromatic nitrogens is 2. The molecule has 0 fully saturated rings. The summed E-state index contributed by atoms with van der Waals surface area (Å²) in [6.07, 6.45) is 0.539. The lowest BCUT2D eigenvalue weighted by Crippen LogP contribution is -2.11. The van der Waals surface area contributed by atoms with E-state index >= 15 is 0 Å². The fourth-order valence-corrected chi connectivity index (χ4v) is 1.91. The molecule has 19 heavy (non-hydrogen) atoms. The SMILES string of the molecule is COc1ccc(Cc2nc(C)cc(=O)[nH]2)cc1OC. The van der Waals surface area contributed by atoms with Crippen LogP contribution >= 0.6 is 0 Å². The van der Waals surface area contributed by atoms with Crippen molar-refractivity contribution in [1.29, 1.82) is 0 Å². The van der Waals surface area contributed by atoms with Gasteiger partial charge in [-0.05, 0) is 24.6 Å². The van der Waals surface area contributed by atoms with Crippen molar-refractivity contribution in [1.82, 2.24) is 9.97 Å². The second kappa shape index (κ2) is 5.56. The van der Waals surface area contributed by atoms with Crippen molar-refractivity contribution in [3.63, 3.8) is 0 Å². The third kappa shape index (κ3) is 3.13. The molecule has 100 valence electrons. The monoisotopic (exact) mass is 260 g/mol. The van der Waals surface area contributed by atoms with Crippen LogP contribution in [0.3, 0.4) is 0 Å². The third-order valence-electron chi connectivity index (χ3n) is 2.74. The van der Waals surface area contributed by atoms with Crippen molar-refractivity contribution in [2.75, 3.05) is 14.2 Å². The first-order valence-electron chi connectivity index (χ1n) is 5.90. The number of rotatable bonds is 4. The van der Waals surface area contributed by atoms with Crippen molar-refractivity contribution >= 4 is 0 Å². The van der Waals surface area contributed by atoms with Gasteiger partial charge in [-0.25, -0.2) is 4.98 Å². The summed E-state index contributed by atoms with van der Waals surface area (Å²) in [6.45, 7) is 1.80. The third-order valence-corrected chi connectivity index (χ3v) is 2.74. The van der Waals surface area contributed by atoms with Crippen molar-refractivity contribution in [2.24, 2.45) is 0 Å². The smallest absolute Gasteiger partial charge is 0.251 e. The standard InChI is InChI=1S/C14H16N2O3/c1-9-6-14(17)16-13(15-9)8-10-4-5-11(18-2)12(7-10)19-3/h4-7H,8H2,1-3H3,(H,15,16,17). The molecule has 0 atom stereocenters. The Morgan fingerprint density at radius 2 is 1.89 bits per heavy atom. The number of benzene rings is 1. The van der Waals surface area contributed by atoms with Crippen LogP contribution in [0, 0.1) is 6.92 Å². The van der Waals surface area contributed by atoms with Crippen molar-refractivity contribution in [2.45, 2.75) is 13.3 Å². The molecule has 1 N–H and O–H groups in total. The van der Waals surface area contributed by atoms with E-state index in [-0.39, 0.29) is 5.56 Å². The van der Waals surface area contributed by atoms with Gasteiger partial charge in [-0.3, -0.25) is 4.79 Å². The van der Waals surface area contributed by atoms with E-state index in [4.69, 9.17) is 9.47 Å². The summed E-state index contributed by atoms with van der Waals surface area (Å²) in [7, 11) is 3.19. The molecule has 0 aliphatic carbocycles. The fraction of sp³-hybridized carbons (Fsp3) is 0.286. The Bertz CT molecular complexity index is 635. The molecule has 5 nitrogen and oxygen atoms in total. The van der Waals surface area contributed by atoms with Gasteiger partial charge in [0, 0.05) is 18.2 Å². The highest BCUT2D eigenvalue weighted by atomic mass is 16.5. The van der Waals surface area contributed by atoms with Crippen LogP contribution in [-0.2, 0) is 6.42 Å². The van der Waals surface area contributed by atoms with Crippen LogP contribution in [0.15, 0.2) is 29.1 Å². The molecule has 0 spiro atoms. The molecule has 2 rings (SSSR count). The number of nitrogens with one attached hydrogen (secondary N) is 1. The lowest BCUT2D eigenvalue weighted by Gasteiger charge is -2.09. The van der Waals surface area contributed by atoms with Gasteiger partial charge in [-0.2, -0.15) is 0 Å². The van der Waals surface area contributed by atoms with Crippen LogP contribution in [0.1, 0.15) is 17.1 Å². The summed E-state index contributed by atoms with van der Waals surface area (Å²) in [6, 6.07) is 7.10. The highest BCUT2D eigenvalue weighted by Crippen LogP contribution is 2.28. The van der Waals surface area contributed by atoms with Gasteiger partial charge in [-0.15, -0.1) is 0 Å². The number of methoxy groups -OCH3 is 2. The van der Waals surface area contributed by atoms with Gasteiger partial charge in [0.05, 0.1) is 14.2 Å². The molecule has 0 bridgehead atoms. The zero-order valence-electron chi connectivity index (χ0n) is 11.2. The average Bonchev–Trinajstić information content (AvgIpc) is 2.37. The van der Waals surface area contributed by atoms with E-state index in [1.807, 2.05) is 18.2 Å². The van der Waals surface area contributed by atoms with Crippen molar-refractivity contribution in [3.05, 3.63) is 51.7 Å².